The summed E-state index contributed by atoms with van der Waals surface area (Å²) in [4.78, 5) is 201. The van der Waals surface area contributed by atoms with Crippen LogP contribution in [0.2, 0.25) is 0 Å². The molecule has 0 spiro atoms. The van der Waals surface area contributed by atoms with Crippen LogP contribution in [0.4, 0.5) is 0 Å². The smallest absolute Gasteiger partial charge is 0.245 e. The second-order valence-electron chi connectivity index (χ2n) is 27.1. The van der Waals surface area contributed by atoms with E-state index in [1.807, 2.05) is 12.1 Å². The number of nitrogens with one attached hydrogen (secondary N) is 15. The Hall–Kier alpha value is -13.7. The fraction of sp³-hybridized carbons (Fsp3) is 0.312. The molecule has 1 aliphatic rings. The maximum absolute atomic E-state index is 15.4. The third kappa shape index (κ3) is 24.1. The molecule has 1 unspecified atom stereocenters. The normalized spacial score (nSPS) is 20.8. The molecule has 13 amide bonds. The summed E-state index contributed by atoms with van der Waals surface area (Å²) in [6.45, 7) is 0.260. The molecule has 112 heavy (non-hydrogen) atoms. The van der Waals surface area contributed by atoms with Gasteiger partial charge in [-0.25, -0.2) is 4.98 Å². The molecule has 6 aromatic carbocycles. The number of hydrogen-bond acceptors (Lipinski definition) is 18. The molecule has 11 atom stereocenters. The molecule has 35 heteroatoms. The number of H-pyrrole nitrogens is 2. The number of fused-ring (bicyclic) bond motifs is 2. The van der Waals surface area contributed by atoms with Crippen LogP contribution < -0.4 is 86.7 Å². The predicted molar refractivity (Wildman–Crippen MR) is 408 cm³/mol. The fourth-order valence-electron chi connectivity index (χ4n) is 12.6. The number of imidazole rings is 1. The molecule has 8 aromatic rings. The van der Waals surface area contributed by atoms with Gasteiger partial charge in [0, 0.05) is 68.5 Å². The largest absolute Gasteiger partial charge is 0.508 e. The fourth-order valence-corrected chi connectivity index (χ4v) is 12.6. The van der Waals surface area contributed by atoms with Crippen molar-refractivity contribution in [3.8, 4) is 11.5 Å². The average Bonchev–Trinajstić information content (AvgIpc) is 1.80. The third-order valence-corrected chi connectivity index (χ3v) is 18.5. The van der Waals surface area contributed by atoms with E-state index in [0.717, 1.165) is 5.39 Å². The number of phenols is 2. The number of aromatic hydroxyl groups is 2. The Labute approximate surface area is 641 Å². The van der Waals surface area contributed by atoms with Gasteiger partial charge in [-0.2, -0.15) is 0 Å². The first-order valence-corrected chi connectivity index (χ1v) is 35.9. The number of hydrogen-bond donors (Lipinski definition) is 21. The van der Waals surface area contributed by atoms with E-state index in [1.54, 1.807) is 91.1 Å². The summed E-state index contributed by atoms with van der Waals surface area (Å²) in [5, 5.41) is 60.8. The SMILES string of the molecule is C[C@@H]1NC(=O)[C@H](CC(N)=O)NC(=O)[C@H](Cc2c[nH]c3ccccc23)NC(=O)[C@H](CCCNC(=N)N)NC(=O)[C@@H](Cc2cccc3ccccc23)NC(=O)[C@H](Cc2c[nH]cn2)NC(=O)C[C@@H](NC(=O)[C@@H](N)Cc2ccc(O)cc2)C(=O)NCC(C(=O)N[C@@H](Cc2ccc(O)cc2)C(N)=O)NC(=O)[C@H](Cc2ccccc2)NC1=O. The summed E-state index contributed by atoms with van der Waals surface area (Å²) in [6, 6.07) is 20.0. The van der Waals surface area contributed by atoms with Crippen LogP contribution in [0.1, 0.15) is 66.1 Å². The van der Waals surface area contributed by atoms with Gasteiger partial charge in [-0.3, -0.25) is 67.7 Å². The van der Waals surface area contributed by atoms with Gasteiger partial charge in [0.15, 0.2) is 5.96 Å². The van der Waals surface area contributed by atoms with Crippen LogP contribution in [0.5, 0.6) is 11.5 Å². The van der Waals surface area contributed by atoms with Crippen LogP contribution in [0.15, 0.2) is 164 Å². The number of aromatic amines is 2. The molecule has 0 saturated carbocycles. The first kappa shape index (κ1) is 82.3. The van der Waals surface area contributed by atoms with Crippen LogP contribution >= 0.6 is 0 Å². The number of rotatable bonds is 23. The summed E-state index contributed by atoms with van der Waals surface area (Å²) < 4.78 is 0. The molecule has 3 heterocycles. The van der Waals surface area contributed by atoms with Gasteiger partial charge in [-0.1, -0.05) is 115 Å². The van der Waals surface area contributed by atoms with Gasteiger partial charge >= 0.3 is 0 Å². The molecule has 0 radical (unpaired) electrons. The summed E-state index contributed by atoms with van der Waals surface area (Å²) in [5.74, 6) is -14.7. The summed E-state index contributed by atoms with van der Waals surface area (Å²) in [7, 11) is 0. The lowest BCUT2D eigenvalue weighted by Gasteiger charge is -2.28. The first-order valence-electron chi connectivity index (χ1n) is 35.9. The minimum Gasteiger partial charge on any atom is -0.508 e. The standard InChI is InChI=1S/C77H90N20O15/c1-41-67(103)92-57(31-42-11-3-2-4-12-42)72(108)97-63(76(112)91-56(66(80)102)30-44-22-26-50(99)27-23-44)39-86-69(105)62(93-68(104)53(78)29-43-20-24-49(98)25-21-43)36-65(101)89-60(34-48-38-83-40-87-48)75(111)95-58(32-46-15-9-14-45-13-5-6-16-51(45)46)73(109)90-55(19-10-28-84-77(81)82)70(106)94-59(33-47-37-85-54-18-8-7-17-52(47)54)74(110)96-61(35-64(79)100)71(107)88-41/h2-9,11-18,20-27,37-38,40-41,53,55-63,85,98-99H,10,19,28-36,39,78H2,1H3,(H2,79,100)(H2,80,102)(H,83,87)(H,86,105)(H,88,107)(H,89,101)(H,90,109)(H,91,112)(H,92,103)(H,93,104)(H,94,106)(H,95,111)(H,96,110)(H,97,108)(H4,81,82,84)/t41-,53-,55-,56-,57-,58+,59-,60-,61-,62+,63?/m0/s1. The highest BCUT2D eigenvalue weighted by Crippen LogP contribution is 2.23. The monoisotopic (exact) mass is 1530 g/mol. The first-order chi connectivity index (χ1) is 53.6. The molecule has 1 aliphatic heterocycles. The predicted octanol–water partition coefficient (Wildman–Crippen LogP) is -2.45. The van der Waals surface area contributed by atoms with Crippen molar-refractivity contribution in [3.05, 3.63) is 198 Å². The topological polar surface area (TPSA) is 579 Å². The molecule has 1 saturated heterocycles. The van der Waals surface area contributed by atoms with Crippen LogP contribution in [-0.2, 0) is 101 Å². The third-order valence-electron chi connectivity index (χ3n) is 18.5. The molecule has 9 rings (SSSR count). The lowest BCUT2D eigenvalue weighted by molar-refractivity contribution is -0.136. The second-order valence-corrected chi connectivity index (χ2v) is 27.1. The van der Waals surface area contributed by atoms with Crippen molar-refractivity contribution < 1.29 is 72.5 Å². The number of benzene rings is 6. The van der Waals surface area contributed by atoms with Crippen molar-refractivity contribution in [3.63, 3.8) is 0 Å². The Morgan fingerprint density at radius 1 is 0.554 bits per heavy atom. The summed E-state index contributed by atoms with van der Waals surface area (Å²) in [6.07, 6.45) is 0.405. The minimum atomic E-state index is -1.97. The van der Waals surface area contributed by atoms with E-state index in [-0.39, 0.29) is 68.7 Å². The maximum atomic E-state index is 15.4. The van der Waals surface area contributed by atoms with Crippen molar-refractivity contribution in [1.29, 1.82) is 5.41 Å². The van der Waals surface area contributed by atoms with Crippen LogP contribution in [-0.4, -0.2) is 187 Å². The van der Waals surface area contributed by atoms with Crippen molar-refractivity contribution in [2.45, 2.75) is 138 Å². The molecule has 588 valence electrons. The molecular formula is C77H90N20O15. The van der Waals surface area contributed by atoms with Crippen LogP contribution in [0, 0.1) is 5.41 Å². The van der Waals surface area contributed by atoms with Crippen LogP contribution in [0.25, 0.3) is 21.7 Å². The van der Waals surface area contributed by atoms with E-state index in [9.17, 15) is 43.8 Å². The number of aromatic nitrogens is 3. The number of guanidine groups is 1. The number of carbonyl (C=O) groups is 13. The Morgan fingerprint density at radius 3 is 1.75 bits per heavy atom. The highest BCUT2D eigenvalue weighted by atomic mass is 16.3. The van der Waals surface area contributed by atoms with E-state index in [2.05, 4.69) is 78.8 Å². The number of primary amides is 2. The van der Waals surface area contributed by atoms with Gasteiger partial charge in [0.2, 0.25) is 76.8 Å². The highest BCUT2D eigenvalue weighted by Gasteiger charge is 2.38. The number of phenolic OH excluding ortho intramolecular Hbond substituents is 2. The van der Waals surface area contributed by atoms with Crippen molar-refractivity contribution >= 4 is 104 Å². The lowest BCUT2D eigenvalue weighted by Crippen LogP contribution is -2.62. The number of carbonyl (C=O) groups excluding carboxylic acids is 13. The summed E-state index contributed by atoms with van der Waals surface area (Å²) >= 11 is 0. The van der Waals surface area contributed by atoms with Crippen molar-refractivity contribution in [1.82, 2.24) is 78.8 Å². The van der Waals surface area contributed by atoms with E-state index >= 15 is 28.8 Å². The number of nitrogens with zero attached hydrogens (tertiary/aromatic N) is 1. The number of nitrogens with two attached hydrogens (primary N) is 4. The molecule has 0 aliphatic carbocycles. The van der Waals surface area contributed by atoms with Gasteiger partial charge in [-0.15, -0.1) is 0 Å². The average molecular weight is 1540 g/mol. The van der Waals surface area contributed by atoms with Crippen molar-refractivity contribution in [2.75, 3.05) is 13.1 Å². The van der Waals surface area contributed by atoms with Gasteiger partial charge in [0.05, 0.1) is 30.9 Å². The van der Waals surface area contributed by atoms with Gasteiger partial charge in [0.25, 0.3) is 0 Å². The quantitative estimate of drug-likeness (QED) is 0.0180. The van der Waals surface area contributed by atoms with Crippen molar-refractivity contribution in [2.24, 2.45) is 22.9 Å². The van der Waals surface area contributed by atoms with E-state index < -0.39 is 175 Å². The van der Waals surface area contributed by atoms with Gasteiger partial charge < -0.3 is 107 Å². The maximum Gasteiger partial charge on any atom is 0.245 e. The second kappa shape index (κ2) is 39.4. The Kier molecular flexibility index (Phi) is 29.0. The van der Waals surface area contributed by atoms with E-state index in [0.29, 0.717) is 44.1 Å². The lowest BCUT2D eigenvalue weighted by atomic mass is 9.97. The molecular weight excluding hydrogens is 1440 g/mol. The minimum absolute atomic E-state index is 0.0146. The molecule has 0 bridgehead atoms. The zero-order chi connectivity index (χ0) is 80.5. The summed E-state index contributed by atoms with van der Waals surface area (Å²) in [5.41, 5.74) is 26.7. The molecule has 25 N–H and O–H groups in total. The van der Waals surface area contributed by atoms with E-state index in [1.165, 1.54) is 68.0 Å². The Bertz CT molecular complexity index is 4710. The number of amides is 13. The number of para-hydroxylation sites is 1. The Morgan fingerprint density at radius 2 is 1.11 bits per heavy atom. The Balaban J connectivity index is 1.14. The highest BCUT2D eigenvalue weighted by molar-refractivity contribution is 6.01. The van der Waals surface area contributed by atoms with Gasteiger partial charge in [-0.05, 0) is 95.1 Å². The zero-order valence-corrected chi connectivity index (χ0v) is 60.9. The molecule has 1 fully saturated rings. The van der Waals surface area contributed by atoms with E-state index in [4.69, 9.17) is 28.3 Å². The van der Waals surface area contributed by atoms with Crippen LogP contribution in [0.3, 0.4) is 0 Å². The molecule has 35 nitrogen and oxygen atoms in total. The van der Waals surface area contributed by atoms with Gasteiger partial charge in [0.1, 0.15) is 71.9 Å². The zero-order valence-electron chi connectivity index (χ0n) is 60.9. The molecule has 2 aromatic heterocycles.